The van der Waals surface area contributed by atoms with Crippen LogP contribution in [0.4, 0.5) is 0 Å². The summed E-state index contributed by atoms with van der Waals surface area (Å²) in [7, 11) is 0. The summed E-state index contributed by atoms with van der Waals surface area (Å²) in [6.07, 6.45) is 0. The normalized spacial score (nSPS) is 12.1. The maximum Gasteiger partial charge on any atom is 0.0272 e. The molecule has 0 bridgehead atoms. The van der Waals surface area contributed by atoms with Gasteiger partial charge in [-0.2, -0.15) is 0 Å². The summed E-state index contributed by atoms with van der Waals surface area (Å²) in [6.45, 7) is 2.02. The van der Waals surface area contributed by atoms with Crippen LogP contribution in [0.1, 0.15) is 18.5 Å². The summed E-state index contributed by atoms with van der Waals surface area (Å²) < 4.78 is 0. The van der Waals surface area contributed by atoms with Crippen molar-refractivity contribution in [2.24, 2.45) is 5.73 Å². The Morgan fingerprint density at radius 1 is 0.619 bits per heavy atom. The molecule has 1 unspecified atom stereocenters. The molecule has 3 rings (SSSR count). The average molecular weight is 273 g/mol. The summed E-state index contributed by atoms with van der Waals surface area (Å²) in [5.74, 6) is 0. The van der Waals surface area contributed by atoms with Crippen molar-refractivity contribution in [3.8, 4) is 22.3 Å². The van der Waals surface area contributed by atoms with Crippen molar-refractivity contribution in [3.63, 3.8) is 0 Å². The van der Waals surface area contributed by atoms with Crippen LogP contribution in [0.5, 0.6) is 0 Å². The van der Waals surface area contributed by atoms with Crippen LogP contribution in [0.3, 0.4) is 0 Å². The first-order valence-corrected chi connectivity index (χ1v) is 7.26. The Morgan fingerprint density at radius 3 is 1.81 bits per heavy atom. The molecule has 0 radical (unpaired) electrons. The second-order valence-corrected chi connectivity index (χ2v) is 5.32. The molecule has 2 N–H and O–H groups in total. The highest BCUT2D eigenvalue weighted by molar-refractivity contribution is 5.72. The lowest BCUT2D eigenvalue weighted by molar-refractivity contribution is 0.820. The first-order valence-electron chi connectivity index (χ1n) is 7.26. The van der Waals surface area contributed by atoms with Gasteiger partial charge in [0.25, 0.3) is 0 Å². The summed E-state index contributed by atoms with van der Waals surface area (Å²) in [6, 6.07) is 27.5. The lowest BCUT2D eigenvalue weighted by Gasteiger charge is -2.13. The van der Waals surface area contributed by atoms with Crippen molar-refractivity contribution in [2.75, 3.05) is 0 Å². The Bertz CT molecular complexity index is 712. The van der Waals surface area contributed by atoms with Gasteiger partial charge >= 0.3 is 0 Å². The van der Waals surface area contributed by atoms with Crippen LogP contribution >= 0.6 is 0 Å². The molecule has 0 saturated heterocycles. The third-order valence-corrected chi connectivity index (χ3v) is 3.75. The molecule has 0 heterocycles. The van der Waals surface area contributed by atoms with E-state index in [4.69, 9.17) is 5.73 Å². The fraction of sp³-hybridized carbons (Fsp3) is 0.100. The molecule has 0 saturated carbocycles. The fourth-order valence-corrected chi connectivity index (χ4v) is 2.63. The smallest absolute Gasteiger partial charge is 0.0272 e. The molecular formula is C20H19N. The van der Waals surface area contributed by atoms with E-state index in [1.165, 1.54) is 27.8 Å². The van der Waals surface area contributed by atoms with Crippen LogP contribution in [-0.2, 0) is 0 Å². The van der Waals surface area contributed by atoms with Gasteiger partial charge in [-0.1, -0.05) is 78.9 Å². The zero-order valence-electron chi connectivity index (χ0n) is 12.2. The minimum Gasteiger partial charge on any atom is -0.324 e. The number of rotatable bonds is 3. The molecule has 0 aliphatic rings. The maximum absolute atomic E-state index is 6.07. The number of hydrogen-bond acceptors (Lipinski definition) is 1. The molecule has 1 atom stereocenters. The Hall–Kier alpha value is -2.38. The van der Waals surface area contributed by atoms with Crippen molar-refractivity contribution < 1.29 is 0 Å². The van der Waals surface area contributed by atoms with Crippen LogP contribution < -0.4 is 5.73 Å². The third-order valence-electron chi connectivity index (χ3n) is 3.75. The zero-order chi connectivity index (χ0) is 14.7. The van der Waals surface area contributed by atoms with Crippen molar-refractivity contribution in [3.05, 3.63) is 84.4 Å². The zero-order valence-corrected chi connectivity index (χ0v) is 12.2. The Labute approximate surface area is 126 Å². The van der Waals surface area contributed by atoms with Gasteiger partial charge in [0.05, 0.1) is 0 Å². The van der Waals surface area contributed by atoms with Crippen LogP contribution in [0, 0.1) is 0 Å². The van der Waals surface area contributed by atoms with Gasteiger partial charge in [0.2, 0.25) is 0 Å². The van der Waals surface area contributed by atoms with Gasteiger partial charge in [-0.15, -0.1) is 0 Å². The molecule has 0 spiro atoms. The van der Waals surface area contributed by atoms with Gasteiger partial charge in [0.1, 0.15) is 0 Å². The molecule has 3 aromatic rings. The molecule has 0 aliphatic carbocycles. The first kappa shape index (κ1) is 13.6. The lowest BCUT2D eigenvalue weighted by atomic mass is 9.94. The van der Waals surface area contributed by atoms with Crippen molar-refractivity contribution in [1.82, 2.24) is 0 Å². The highest BCUT2D eigenvalue weighted by atomic mass is 14.6. The van der Waals surface area contributed by atoms with Crippen LogP contribution in [-0.4, -0.2) is 0 Å². The van der Waals surface area contributed by atoms with Crippen LogP contribution in [0.2, 0.25) is 0 Å². The van der Waals surface area contributed by atoms with Crippen molar-refractivity contribution in [2.45, 2.75) is 13.0 Å². The second-order valence-electron chi connectivity index (χ2n) is 5.32. The monoisotopic (exact) mass is 273 g/mol. The predicted molar refractivity (Wildman–Crippen MR) is 89.9 cm³/mol. The van der Waals surface area contributed by atoms with Gasteiger partial charge in [-0.05, 0) is 34.7 Å². The molecule has 1 nitrogen and oxygen atoms in total. The highest BCUT2D eigenvalue weighted by Gasteiger charge is 2.08. The number of benzene rings is 3. The Balaban J connectivity index is 1.99. The summed E-state index contributed by atoms with van der Waals surface area (Å²) in [5, 5.41) is 0. The fourth-order valence-electron chi connectivity index (χ4n) is 2.63. The molecule has 3 aromatic carbocycles. The van der Waals surface area contributed by atoms with E-state index in [9.17, 15) is 0 Å². The third kappa shape index (κ3) is 2.88. The van der Waals surface area contributed by atoms with Crippen LogP contribution in [0.25, 0.3) is 22.3 Å². The van der Waals surface area contributed by atoms with E-state index in [1.807, 2.05) is 19.1 Å². The predicted octanol–water partition coefficient (Wildman–Crippen LogP) is 5.04. The summed E-state index contributed by atoms with van der Waals surface area (Å²) >= 11 is 0. The maximum atomic E-state index is 6.07. The van der Waals surface area contributed by atoms with Gasteiger partial charge in [0.15, 0.2) is 0 Å². The molecular weight excluding hydrogens is 254 g/mol. The molecule has 0 fully saturated rings. The summed E-state index contributed by atoms with van der Waals surface area (Å²) in [5.41, 5.74) is 12.2. The van der Waals surface area contributed by atoms with Crippen molar-refractivity contribution in [1.29, 1.82) is 0 Å². The van der Waals surface area contributed by atoms with E-state index in [0.29, 0.717) is 0 Å². The molecule has 104 valence electrons. The van der Waals surface area contributed by atoms with Gasteiger partial charge < -0.3 is 5.73 Å². The molecule has 21 heavy (non-hydrogen) atoms. The van der Waals surface area contributed by atoms with E-state index >= 15 is 0 Å². The highest BCUT2D eigenvalue weighted by Crippen LogP contribution is 2.29. The largest absolute Gasteiger partial charge is 0.324 e. The average Bonchev–Trinajstić information content (AvgIpc) is 2.56. The number of nitrogens with two attached hydrogens (primary N) is 1. The SMILES string of the molecule is CC(N)c1ccccc1-c1ccc(-c2ccccc2)cc1. The van der Waals surface area contributed by atoms with E-state index in [2.05, 4.69) is 66.7 Å². The summed E-state index contributed by atoms with van der Waals surface area (Å²) in [4.78, 5) is 0. The number of hydrogen-bond donors (Lipinski definition) is 1. The lowest BCUT2D eigenvalue weighted by Crippen LogP contribution is -2.06. The first-order chi connectivity index (χ1) is 10.3. The Morgan fingerprint density at radius 2 is 1.14 bits per heavy atom. The van der Waals surface area contributed by atoms with E-state index in [0.717, 1.165) is 0 Å². The Kier molecular flexibility index (Phi) is 3.85. The van der Waals surface area contributed by atoms with Crippen molar-refractivity contribution >= 4 is 0 Å². The van der Waals surface area contributed by atoms with Crippen LogP contribution in [0.15, 0.2) is 78.9 Å². The minimum atomic E-state index is 0.0370. The standard InChI is InChI=1S/C20H19N/c1-15(21)19-9-5-6-10-20(19)18-13-11-17(12-14-18)16-7-3-2-4-8-16/h2-15H,21H2,1H3. The molecule has 0 amide bonds. The van der Waals surface area contributed by atoms with E-state index < -0.39 is 0 Å². The quantitative estimate of drug-likeness (QED) is 0.710. The van der Waals surface area contributed by atoms with Gasteiger partial charge in [-0.3, -0.25) is 0 Å². The van der Waals surface area contributed by atoms with Gasteiger partial charge in [-0.25, -0.2) is 0 Å². The molecule has 0 aliphatic heterocycles. The molecule has 1 heteroatoms. The van der Waals surface area contributed by atoms with E-state index in [-0.39, 0.29) is 6.04 Å². The van der Waals surface area contributed by atoms with E-state index in [1.54, 1.807) is 0 Å². The topological polar surface area (TPSA) is 26.0 Å². The second kappa shape index (κ2) is 5.94. The molecule has 0 aromatic heterocycles. The minimum absolute atomic E-state index is 0.0370. The van der Waals surface area contributed by atoms with Gasteiger partial charge in [0, 0.05) is 6.04 Å².